The Morgan fingerprint density at radius 3 is 2.46 bits per heavy atom. The van der Waals surface area contributed by atoms with Crippen molar-refractivity contribution in [3.8, 4) is 5.75 Å². The van der Waals surface area contributed by atoms with Gasteiger partial charge < -0.3 is 10.1 Å². The van der Waals surface area contributed by atoms with Gasteiger partial charge in [0.2, 0.25) is 0 Å². The van der Waals surface area contributed by atoms with Crippen molar-refractivity contribution in [2.45, 2.75) is 45.6 Å². The molecule has 1 N–H and O–H groups in total. The summed E-state index contributed by atoms with van der Waals surface area (Å²) in [6, 6.07) is 13.9. The fourth-order valence-corrected chi connectivity index (χ4v) is 2.90. The van der Waals surface area contributed by atoms with Crippen LogP contribution in [0, 0.1) is 0 Å². The predicted octanol–water partition coefficient (Wildman–Crippen LogP) is 6.78. The van der Waals surface area contributed by atoms with E-state index in [-0.39, 0.29) is 6.10 Å². The van der Waals surface area contributed by atoms with E-state index >= 15 is 0 Å². The van der Waals surface area contributed by atoms with Crippen LogP contribution >= 0.6 is 23.2 Å². The lowest BCUT2D eigenvalue weighted by Crippen LogP contribution is -2.26. The smallest absolute Gasteiger partial charge is 0.123 e. The molecule has 0 fully saturated rings. The van der Waals surface area contributed by atoms with Crippen LogP contribution in [0.5, 0.6) is 5.75 Å². The van der Waals surface area contributed by atoms with Crippen molar-refractivity contribution in [1.82, 2.24) is 0 Å². The summed E-state index contributed by atoms with van der Waals surface area (Å²) >= 11 is 12.3. The Bertz CT molecular complexity index is 660. The molecule has 0 bridgehead atoms. The molecule has 2 atom stereocenters. The standard InChI is InChI=1S/C20H25Cl2NO/c1-4-14(3)16-9-6-7-12-19(16)24-15(5-2)13-23-18-11-8-10-17(21)20(18)22/h6-12,14-15,23H,4-5,13H2,1-3H3. The molecule has 0 spiro atoms. The van der Waals surface area contributed by atoms with Crippen molar-refractivity contribution in [2.75, 3.05) is 11.9 Å². The maximum Gasteiger partial charge on any atom is 0.123 e. The van der Waals surface area contributed by atoms with Gasteiger partial charge >= 0.3 is 0 Å². The summed E-state index contributed by atoms with van der Waals surface area (Å²) in [5.41, 5.74) is 2.10. The molecule has 2 rings (SSSR count). The molecule has 2 aromatic carbocycles. The molecular weight excluding hydrogens is 341 g/mol. The minimum Gasteiger partial charge on any atom is -0.488 e. The van der Waals surface area contributed by atoms with Gasteiger partial charge in [-0.15, -0.1) is 0 Å². The second-order valence-corrected chi connectivity index (χ2v) is 6.76. The third kappa shape index (κ3) is 4.81. The van der Waals surface area contributed by atoms with Gasteiger partial charge in [0.05, 0.1) is 22.3 Å². The van der Waals surface area contributed by atoms with Crippen LogP contribution in [0.15, 0.2) is 42.5 Å². The molecular formula is C20H25Cl2NO. The van der Waals surface area contributed by atoms with Crippen molar-refractivity contribution < 1.29 is 4.74 Å². The van der Waals surface area contributed by atoms with Gasteiger partial charge in [0.25, 0.3) is 0 Å². The van der Waals surface area contributed by atoms with E-state index < -0.39 is 0 Å². The number of hydrogen-bond acceptors (Lipinski definition) is 2. The quantitative estimate of drug-likeness (QED) is 0.556. The highest BCUT2D eigenvalue weighted by atomic mass is 35.5. The highest BCUT2D eigenvalue weighted by molar-refractivity contribution is 6.43. The molecule has 0 saturated heterocycles. The Balaban J connectivity index is 2.06. The lowest BCUT2D eigenvalue weighted by atomic mass is 9.98. The van der Waals surface area contributed by atoms with Crippen LogP contribution in [0.4, 0.5) is 5.69 Å². The number of nitrogens with one attached hydrogen (secondary N) is 1. The number of para-hydroxylation sites is 1. The van der Waals surface area contributed by atoms with Gasteiger partial charge in [-0.05, 0) is 42.5 Å². The zero-order valence-corrected chi connectivity index (χ0v) is 16.0. The van der Waals surface area contributed by atoms with Gasteiger partial charge in [-0.25, -0.2) is 0 Å². The molecule has 24 heavy (non-hydrogen) atoms. The number of anilines is 1. The Hall–Kier alpha value is -1.38. The van der Waals surface area contributed by atoms with E-state index in [0.717, 1.165) is 24.3 Å². The van der Waals surface area contributed by atoms with Gasteiger partial charge in [0.1, 0.15) is 11.9 Å². The summed E-state index contributed by atoms with van der Waals surface area (Å²) in [6.07, 6.45) is 2.05. The second-order valence-electron chi connectivity index (χ2n) is 5.98. The minimum absolute atomic E-state index is 0.0604. The van der Waals surface area contributed by atoms with Crippen LogP contribution in [-0.2, 0) is 0 Å². The van der Waals surface area contributed by atoms with Gasteiger partial charge in [-0.2, -0.15) is 0 Å². The summed E-state index contributed by atoms with van der Waals surface area (Å²) in [6.45, 7) is 7.22. The maximum atomic E-state index is 6.27. The van der Waals surface area contributed by atoms with E-state index in [1.807, 2.05) is 18.2 Å². The molecule has 130 valence electrons. The van der Waals surface area contributed by atoms with E-state index in [1.54, 1.807) is 6.07 Å². The minimum atomic E-state index is 0.0604. The fraction of sp³-hybridized carbons (Fsp3) is 0.400. The number of rotatable bonds is 8. The zero-order chi connectivity index (χ0) is 17.5. The first-order valence-electron chi connectivity index (χ1n) is 8.50. The van der Waals surface area contributed by atoms with Crippen LogP contribution in [0.1, 0.15) is 45.1 Å². The average Bonchev–Trinajstić information content (AvgIpc) is 2.61. The van der Waals surface area contributed by atoms with Crippen molar-refractivity contribution in [1.29, 1.82) is 0 Å². The molecule has 0 heterocycles. The van der Waals surface area contributed by atoms with Gasteiger partial charge in [0, 0.05) is 0 Å². The second kappa shape index (κ2) is 9.19. The van der Waals surface area contributed by atoms with Crippen LogP contribution in [0.3, 0.4) is 0 Å². The molecule has 4 heteroatoms. The average molecular weight is 366 g/mol. The van der Waals surface area contributed by atoms with Crippen LogP contribution < -0.4 is 10.1 Å². The van der Waals surface area contributed by atoms with Gasteiger partial charge in [-0.1, -0.05) is 68.2 Å². The molecule has 0 radical (unpaired) electrons. The van der Waals surface area contributed by atoms with Crippen LogP contribution in [0.25, 0.3) is 0 Å². The summed E-state index contributed by atoms with van der Waals surface area (Å²) in [5.74, 6) is 1.45. The highest BCUT2D eigenvalue weighted by Gasteiger charge is 2.15. The Morgan fingerprint density at radius 2 is 1.75 bits per heavy atom. The van der Waals surface area contributed by atoms with Crippen LogP contribution in [-0.4, -0.2) is 12.6 Å². The summed E-state index contributed by atoms with van der Waals surface area (Å²) < 4.78 is 6.27. The largest absolute Gasteiger partial charge is 0.488 e. The molecule has 0 aliphatic heterocycles. The number of benzene rings is 2. The third-order valence-electron chi connectivity index (χ3n) is 4.28. The van der Waals surface area contributed by atoms with Gasteiger partial charge in [0.15, 0.2) is 0 Å². The third-order valence-corrected chi connectivity index (χ3v) is 5.10. The molecule has 0 saturated carbocycles. The van der Waals surface area contributed by atoms with Crippen molar-refractivity contribution in [3.05, 3.63) is 58.1 Å². The molecule has 0 aliphatic rings. The topological polar surface area (TPSA) is 21.3 Å². The lowest BCUT2D eigenvalue weighted by Gasteiger charge is -2.22. The highest BCUT2D eigenvalue weighted by Crippen LogP contribution is 2.31. The lowest BCUT2D eigenvalue weighted by molar-refractivity contribution is 0.207. The van der Waals surface area contributed by atoms with Crippen molar-refractivity contribution in [2.24, 2.45) is 0 Å². The number of halogens is 2. The van der Waals surface area contributed by atoms with Crippen LogP contribution in [0.2, 0.25) is 10.0 Å². The molecule has 0 aliphatic carbocycles. The first-order valence-corrected chi connectivity index (χ1v) is 9.25. The van der Waals surface area contributed by atoms with E-state index in [9.17, 15) is 0 Å². The first-order chi connectivity index (χ1) is 11.6. The zero-order valence-electron chi connectivity index (χ0n) is 14.5. The maximum absolute atomic E-state index is 6.27. The molecule has 2 aromatic rings. The van der Waals surface area contributed by atoms with E-state index in [0.29, 0.717) is 22.5 Å². The van der Waals surface area contributed by atoms with E-state index in [2.05, 4.69) is 44.3 Å². The predicted molar refractivity (Wildman–Crippen MR) is 105 cm³/mol. The Labute approximate surface area is 155 Å². The molecule has 2 unspecified atom stereocenters. The molecule has 0 amide bonds. The van der Waals surface area contributed by atoms with E-state index in [4.69, 9.17) is 27.9 Å². The van der Waals surface area contributed by atoms with Crippen molar-refractivity contribution >= 4 is 28.9 Å². The summed E-state index contributed by atoms with van der Waals surface area (Å²) in [5, 5.41) is 4.45. The van der Waals surface area contributed by atoms with Crippen molar-refractivity contribution in [3.63, 3.8) is 0 Å². The summed E-state index contributed by atoms with van der Waals surface area (Å²) in [4.78, 5) is 0. The monoisotopic (exact) mass is 365 g/mol. The first kappa shape index (κ1) is 19.0. The number of hydrogen-bond donors (Lipinski definition) is 1. The Morgan fingerprint density at radius 1 is 1.00 bits per heavy atom. The Kier molecular flexibility index (Phi) is 7.26. The fourth-order valence-electron chi connectivity index (χ4n) is 2.53. The molecule has 0 aromatic heterocycles. The summed E-state index contributed by atoms with van der Waals surface area (Å²) in [7, 11) is 0. The molecule has 2 nitrogen and oxygen atoms in total. The SMILES string of the molecule is CCC(CNc1cccc(Cl)c1Cl)Oc1ccccc1C(C)CC. The number of ether oxygens (including phenoxy) is 1. The normalized spacial score (nSPS) is 13.4. The van der Waals surface area contributed by atoms with Gasteiger partial charge in [-0.3, -0.25) is 0 Å². The van der Waals surface area contributed by atoms with E-state index in [1.165, 1.54) is 5.56 Å².